The molecule has 0 bridgehead atoms. The Hall–Kier alpha value is -2.11. The molecule has 0 unspecified atom stereocenters. The Morgan fingerprint density at radius 1 is 1.12 bits per heavy atom. The minimum atomic E-state index is -0.580. The van der Waals surface area contributed by atoms with Gasteiger partial charge >= 0.3 is 5.97 Å². The quantitative estimate of drug-likeness (QED) is 0.661. The van der Waals surface area contributed by atoms with E-state index >= 15 is 0 Å². The SMILES string of the molecule is CC(=O)c1c(C)[nH]c(C(=O)OCC(=O)N2CCC[C@H]3CCCC[C@@H]32)c1C. The van der Waals surface area contributed by atoms with Gasteiger partial charge in [0, 0.05) is 23.8 Å². The summed E-state index contributed by atoms with van der Waals surface area (Å²) in [7, 11) is 0. The summed E-state index contributed by atoms with van der Waals surface area (Å²) >= 11 is 0. The van der Waals surface area contributed by atoms with Gasteiger partial charge in [0.1, 0.15) is 5.69 Å². The molecule has 6 nitrogen and oxygen atoms in total. The number of ether oxygens (including phenoxy) is 1. The van der Waals surface area contributed by atoms with Crippen molar-refractivity contribution < 1.29 is 19.1 Å². The van der Waals surface area contributed by atoms with Crippen molar-refractivity contribution in [3.05, 3.63) is 22.5 Å². The highest BCUT2D eigenvalue weighted by Crippen LogP contribution is 2.35. The number of ketones is 1. The Bertz CT molecular complexity index is 720. The monoisotopic (exact) mass is 360 g/mol. The number of amides is 1. The first-order valence-electron chi connectivity index (χ1n) is 9.56. The van der Waals surface area contributed by atoms with Crippen LogP contribution < -0.4 is 0 Å². The van der Waals surface area contributed by atoms with Crippen LogP contribution in [0.25, 0.3) is 0 Å². The summed E-state index contributed by atoms with van der Waals surface area (Å²) in [5, 5.41) is 0. The number of aromatic nitrogens is 1. The first-order valence-corrected chi connectivity index (χ1v) is 9.56. The number of Topliss-reactive ketones (excluding diaryl/α,β-unsaturated/α-hetero) is 1. The number of aryl methyl sites for hydroxylation is 1. The summed E-state index contributed by atoms with van der Waals surface area (Å²) in [4.78, 5) is 41.6. The first-order chi connectivity index (χ1) is 12.4. The standard InChI is InChI=1S/C20H28N2O4/c1-12-18(14(3)23)13(2)21-19(12)20(25)26-11-17(24)22-10-6-8-15-7-4-5-9-16(15)22/h15-16,21H,4-11H2,1-3H3/t15-,16+/m1/s1. The van der Waals surface area contributed by atoms with E-state index in [2.05, 4.69) is 4.98 Å². The number of aromatic amines is 1. The van der Waals surface area contributed by atoms with Gasteiger partial charge in [0.2, 0.25) is 0 Å². The second-order valence-electron chi connectivity index (χ2n) is 7.60. The topological polar surface area (TPSA) is 79.5 Å². The minimum absolute atomic E-state index is 0.0944. The fraction of sp³-hybridized carbons (Fsp3) is 0.650. The molecular formula is C20H28N2O4. The summed E-state index contributed by atoms with van der Waals surface area (Å²) in [6, 6.07) is 0.308. The lowest BCUT2D eigenvalue weighted by Crippen LogP contribution is -2.50. The molecule has 0 spiro atoms. The Labute approximate surface area is 154 Å². The maximum absolute atomic E-state index is 12.6. The molecule has 1 saturated heterocycles. The number of esters is 1. The van der Waals surface area contributed by atoms with Gasteiger partial charge in [-0.2, -0.15) is 0 Å². The number of rotatable bonds is 4. The molecular weight excluding hydrogens is 332 g/mol. The average Bonchev–Trinajstić information content (AvgIpc) is 2.93. The number of carbonyl (C=O) groups excluding carboxylic acids is 3. The summed E-state index contributed by atoms with van der Waals surface area (Å²) in [5.41, 5.74) is 2.01. The van der Waals surface area contributed by atoms with Gasteiger partial charge in [0.05, 0.1) is 0 Å². The van der Waals surface area contributed by atoms with E-state index in [9.17, 15) is 14.4 Å². The molecule has 0 aromatic carbocycles. The van der Waals surface area contributed by atoms with Crippen LogP contribution in [0.2, 0.25) is 0 Å². The number of hydrogen-bond acceptors (Lipinski definition) is 4. The molecule has 3 rings (SSSR count). The fourth-order valence-corrected chi connectivity index (χ4v) is 4.70. The molecule has 2 atom stereocenters. The van der Waals surface area contributed by atoms with Crippen LogP contribution >= 0.6 is 0 Å². The largest absolute Gasteiger partial charge is 0.451 e. The number of fused-ring (bicyclic) bond motifs is 1. The van der Waals surface area contributed by atoms with Crippen LogP contribution in [0.5, 0.6) is 0 Å². The Morgan fingerprint density at radius 2 is 1.81 bits per heavy atom. The van der Waals surface area contributed by atoms with Crippen LogP contribution in [0.1, 0.15) is 77.6 Å². The van der Waals surface area contributed by atoms with Crippen LogP contribution in [0.4, 0.5) is 0 Å². The lowest BCUT2D eigenvalue weighted by molar-refractivity contribution is -0.140. The summed E-state index contributed by atoms with van der Waals surface area (Å²) in [5.74, 6) is -0.182. The van der Waals surface area contributed by atoms with Crippen molar-refractivity contribution in [2.75, 3.05) is 13.2 Å². The summed E-state index contributed by atoms with van der Waals surface area (Å²) in [6.45, 7) is 5.46. The van der Waals surface area contributed by atoms with Gasteiger partial charge in [-0.25, -0.2) is 4.79 Å². The molecule has 1 aromatic rings. The molecule has 1 N–H and O–H groups in total. The molecule has 1 aliphatic carbocycles. The maximum Gasteiger partial charge on any atom is 0.355 e. The number of hydrogen-bond donors (Lipinski definition) is 1. The van der Waals surface area contributed by atoms with Crippen LogP contribution in [0, 0.1) is 19.8 Å². The number of piperidine rings is 1. The molecule has 2 heterocycles. The van der Waals surface area contributed by atoms with Crippen molar-refractivity contribution in [2.24, 2.45) is 5.92 Å². The lowest BCUT2D eigenvalue weighted by Gasteiger charge is -2.44. The Morgan fingerprint density at radius 3 is 2.50 bits per heavy atom. The molecule has 1 saturated carbocycles. The molecule has 1 aliphatic heterocycles. The molecule has 2 aliphatic rings. The van der Waals surface area contributed by atoms with Gasteiger partial charge in [0.25, 0.3) is 5.91 Å². The van der Waals surface area contributed by atoms with Crippen molar-refractivity contribution in [3.8, 4) is 0 Å². The number of carbonyl (C=O) groups is 3. The molecule has 6 heteroatoms. The maximum atomic E-state index is 12.6. The second kappa shape index (κ2) is 7.64. The number of nitrogens with one attached hydrogen (secondary N) is 1. The Kier molecular flexibility index (Phi) is 5.49. The number of nitrogens with zero attached hydrogens (tertiary/aromatic N) is 1. The van der Waals surface area contributed by atoms with E-state index in [0.717, 1.165) is 19.4 Å². The van der Waals surface area contributed by atoms with Crippen molar-refractivity contribution in [2.45, 2.75) is 65.3 Å². The summed E-state index contributed by atoms with van der Waals surface area (Å²) in [6.07, 6.45) is 6.90. The van der Waals surface area contributed by atoms with E-state index in [1.165, 1.54) is 32.6 Å². The van der Waals surface area contributed by atoms with Crippen molar-refractivity contribution in [3.63, 3.8) is 0 Å². The number of likely N-dealkylation sites (tertiary alicyclic amines) is 1. The smallest absolute Gasteiger partial charge is 0.355 e. The highest BCUT2D eigenvalue weighted by Gasteiger charge is 2.36. The predicted octanol–water partition coefficient (Wildman–Crippen LogP) is 3.17. The first kappa shape index (κ1) is 18.7. The van der Waals surface area contributed by atoms with E-state index in [-0.39, 0.29) is 24.0 Å². The molecule has 26 heavy (non-hydrogen) atoms. The molecule has 1 amide bonds. The van der Waals surface area contributed by atoms with E-state index in [1.807, 2.05) is 4.90 Å². The van der Waals surface area contributed by atoms with Gasteiger partial charge in [-0.3, -0.25) is 9.59 Å². The van der Waals surface area contributed by atoms with E-state index in [4.69, 9.17) is 4.74 Å². The zero-order valence-corrected chi connectivity index (χ0v) is 15.9. The van der Waals surface area contributed by atoms with E-state index < -0.39 is 5.97 Å². The molecule has 142 valence electrons. The van der Waals surface area contributed by atoms with Crippen LogP contribution in [0.15, 0.2) is 0 Å². The van der Waals surface area contributed by atoms with Gasteiger partial charge in [0.15, 0.2) is 12.4 Å². The third kappa shape index (κ3) is 3.55. The van der Waals surface area contributed by atoms with Crippen molar-refractivity contribution in [1.82, 2.24) is 9.88 Å². The molecule has 2 fully saturated rings. The highest BCUT2D eigenvalue weighted by atomic mass is 16.5. The van der Waals surface area contributed by atoms with Crippen LogP contribution in [-0.2, 0) is 9.53 Å². The van der Waals surface area contributed by atoms with Gasteiger partial charge in [-0.05, 0) is 57.9 Å². The van der Waals surface area contributed by atoms with E-state index in [1.54, 1.807) is 13.8 Å². The predicted molar refractivity (Wildman–Crippen MR) is 97.2 cm³/mol. The third-order valence-corrected chi connectivity index (χ3v) is 5.88. The van der Waals surface area contributed by atoms with Crippen molar-refractivity contribution in [1.29, 1.82) is 0 Å². The minimum Gasteiger partial charge on any atom is -0.451 e. The zero-order chi connectivity index (χ0) is 18.8. The third-order valence-electron chi connectivity index (χ3n) is 5.88. The normalized spacial score (nSPS) is 22.7. The molecule has 0 radical (unpaired) electrons. The van der Waals surface area contributed by atoms with Crippen LogP contribution in [0.3, 0.4) is 0 Å². The number of H-pyrrole nitrogens is 1. The van der Waals surface area contributed by atoms with E-state index in [0.29, 0.717) is 28.8 Å². The van der Waals surface area contributed by atoms with Crippen LogP contribution in [-0.4, -0.2) is 46.7 Å². The van der Waals surface area contributed by atoms with Gasteiger partial charge in [-0.1, -0.05) is 12.8 Å². The average molecular weight is 360 g/mol. The molecule has 1 aromatic heterocycles. The van der Waals surface area contributed by atoms with Gasteiger partial charge in [-0.15, -0.1) is 0 Å². The highest BCUT2D eigenvalue weighted by molar-refractivity contribution is 6.01. The fourth-order valence-electron chi connectivity index (χ4n) is 4.70. The zero-order valence-electron chi connectivity index (χ0n) is 15.9. The second-order valence-corrected chi connectivity index (χ2v) is 7.60. The van der Waals surface area contributed by atoms with Crippen molar-refractivity contribution >= 4 is 17.7 Å². The Balaban J connectivity index is 1.63. The lowest BCUT2D eigenvalue weighted by atomic mass is 9.78. The summed E-state index contributed by atoms with van der Waals surface area (Å²) < 4.78 is 5.28. The van der Waals surface area contributed by atoms with Gasteiger partial charge < -0.3 is 14.6 Å².